The Morgan fingerprint density at radius 1 is 0.792 bits per heavy atom. The molecule has 0 spiro atoms. The number of amides is 1. The molecule has 136 valence electrons. The van der Waals surface area contributed by atoms with Gasteiger partial charge in [-0.25, -0.2) is 0 Å². The topological polar surface area (TPSA) is 20.3 Å². The molecule has 0 unspecified atom stereocenters. The predicted octanol–water partition coefficient (Wildman–Crippen LogP) is 6.24. The lowest BCUT2D eigenvalue weighted by Crippen LogP contribution is -2.27. The zero-order valence-corrected chi connectivity index (χ0v) is 16.2. The number of unbranched alkanes of at least 4 members (excludes halogenated alkanes) is 8. The molecule has 0 bridgehead atoms. The van der Waals surface area contributed by atoms with Gasteiger partial charge in [-0.3, -0.25) is 4.79 Å². The molecule has 0 aliphatic carbocycles. The summed E-state index contributed by atoms with van der Waals surface area (Å²) in [6.45, 7) is 5.33. The molecule has 0 saturated heterocycles. The molecule has 2 nitrogen and oxygen atoms in total. The van der Waals surface area contributed by atoms with Gasteiger partial charge < -0.3 is 4.90 Å². The molecule has 0 fully saturated rings. The number of carbonyl (C=O) groups excluding carboxylic acids is 1. The van der Waals surface area contributed by atoms with Crippen molar-refractivity contribution in [1.29, 1.82) is 0 Å². The first-order chi connectivity index (χ1) is 11.7. The molecule has 0 radical (unpaired) electrons. The van der Waals surface area contributed by atoms with Crippen LogP contribution in [0.4, 0.5) is 0 Å². The van der Waals surface area contributed by atoms with E-state index in [0.29, 0.717) is 0 Å². The van der Waals surface area contributed by atoms with Crippen LogP contribution in [0.2, 0.25) is 0 Å². The molecule has 2 heteroatoms. The summed E-state index contributed by atoms with van der Waals surface area (Å²) in [4.78, 5) is 14.3. The van der Waals surface area contributed by atoms with Gasteiger partial charge in [-0.1, -0.05) is 77.3 Å². The minimum atomic E-state index is 0.153. The highest BCUT2D eigenvalue weighted by molar-refractivity contribution is 5.94. The lowest BCUT2D eigenvalue weighted by molar-refractivity contribution is 0.0792. The third kappa shape index (κ3) is 8.52. The summed E-state index contributed by atoms with van der Waals surface area (Å²) >= 11 is 0. The highest BCUT2D eigenvalue weighted by atomic mass is 16.2. The largest absolute Gasteiger partial charge is 0.342 e. The van der Waals surface area contributed by atoms with Gasteiger partial charge in [0.05, 0.1) is 0 Å². The molecule has 0 heterocycles. The summed E-state index contributed by atoms with van der Waals surface area (Å²) in [6.07, 6.45) is 14.0. The van der Waals surface area contributed by atoms with Crippen LogP contribution in [-0.4, -0.2) is 24.4 Å². The Balaban J connectivity index is 2.22. The Hall–Kier alpha value is -1.31. The van der Waals surface area contributed by atoms with Crippen LogP contribution in [0.3, 0.4) is 0 Å². The Morgan fingerprint density at radius 2 is 1.33 bits per heavy atom. The first-order valence-electron chi connectivity index (χ1n) is 10.0. The molecule has 0 N–H and O–H groups in total. The van der Waals surface area contributed by atoms with Gasteiger partial charge in [-0.15, -0.1) is 0 Å². The normalized spacial score (nSPS) is 10.8. The Kier molecular flexibility index (Phi) is 11.3. The van der Waals surface area contributed by atoms with Crippen LogP contribution in [0.5, 0.6) is 0 Å². The summed E-state index contributed by atoms with van der Waals surface area (Å²) in [6, 6.07) is 8.18. The van der Waals surface area contributed by atoms with Crippen molar-refractivity contribution in [3.8, 4) is 0 Å². The van der Waals surface area contributed by atoms with Crippen molar-refractivity contribution in [3.63, 3.8) is 0 Å². The molecule has 24 heavy (non-hydrogen) atoms. The third-order valence-electron chi connectivity index (χ3n) is 4.71. The van der Waals surface area contributed by atoms with Crippen molar-refractivity contribution < 1.29 is 4.79 Å². The lowest BCUT2D eigenvalue weighted by atomic mass is 10.1. The van der Waals surface area contributed by atoms with Gasteiger partial charge >= 0.3 is 0 Å². The van der Waals surface area contributed by atoms with E-state index in [1.54, 1.807) is 0 Å². The van der Waals surface area contributed by atoms with E-state index in [9.17, 15) is 4.79 Å². The molecule has 0 aromatic heterocycles. The summed E-state index contributed by atoms with van der Waals surface area (Å²) in [7, 11) is 1.93. The number of hydrogen-bond donors (Lipinski definition) is 0. The fourth-order valence-corrected chi connectivity index (χ4v) is 3.00. The second-order valence-electron chi connectivity index (χ2n) is 7.00. The third-order valence-corrected chi connectivity index (χ3v) is 4.71. The lowest BCUT2D eigenvalue weighted by Gasteiger charge is -2.17. The molecular formula is C22H37NO. The Labute approximate surface area is 149 Å². The van der Waals surface area contributed by atoms with Crippen molar-refractivity contribution in [3.05, 3.63) is 35.4 Å². The number of carbonyl (C=O) groups is 1. The smallest absolute Gasteiger partial charge is 0.253 e. The molecule has 0 aliphatic heterocycles. The van der Waals surface area contributed by atoms with Gasteiger partial charge in [0.25, 0.3) is 5.91 Å². The highest BCUT2D eigenvalue weighted by Crippen LogP contribution is 2.12. The second kappa shape index (κ2) is 13.0. The van der Waals surface area contributed by atoms with Crippen LogP contribution in [0.1, 0.15) is 94.0 Å². The van der Waals surface area contributed by atoms with Crippen molar-refractivity contribution >= 4 is 5.91 Å². The average Bonchev–Trinajstić information content (AvgIpc) is 2.61. The van der Waals surface area contributed by atoms with Crippen molar-refractivity contribution in [1.82, 2.24) is 4.90 Å². The molecule has 1 amide bonds. The van der Waals surface area contributed by atoms with Crippen molar-refractivity contribution in [2.24, 2.45) is 0 Å². The van der Waals surface area contributed by atoms with Gasteiger partial charge in [0.2, 0.25) is 0 Å². The summed E-state index contributed by atoms with van der Waals surface area (Å²) in [5.41, 5.74) is 2.15. The Bertz CT molecular complexity index is 438. The average molecular weight is 332 g/mol. The standard InChI is InChI=1S/C22H37NO/c1-4-6-8-9-10-11-12-13-19-23(3)22(24)21-17-15-20(16-18-21)14-7-5-2/h15-18H,4-14,19H2,1-3H3. The van der Waals surface area contributed by atoms with E-state index in [-0.39, 0.29) is 5.91 Å². The van der Waals surface area contributed by atoms with Gasteiger partial charge in [0.1, 0.15) is 0 Å². The fraction of sp³-hybridized carbons (Fsp3) is 0.682. The van der Waals surface area contributed by atoms with E-state index in [1.165, 1.54) is 63.4 Å². The fourth-order valence-electron chi connectivity index (χ4n) is 3.00. The van der Waals surface area contributed by atoms with Crippen molar-refractivity contribution in [2.45, 2.75) is 84.5 Å². The quantitative estimate of drug-likeness (QED) is 0.392. The van der Waals surface area contributed by atoms with Crippen LogP contribution in [0.15, 0.2) is 24.3 Å². The van der Waals surface area contributed by atoms with Crippen LogP contribution in [0.25, 0.3) is 0 Å². The molecular weight excluding hydrogens is 294 g/mol. The van der Waals surface area contributed by atoms with E-state index >= 15 is 0 Å². The van der Waals surface area contributed by atoms with Gasteiger partial charge in [-0.2, -0.15) is 0 Å². The number of nitrogens with zero attached hydrogens (tertiary/aromatic N) is 1. The van der Waals surface area contributed by atoms with Gasteiger partial charge in [0.15, 0.2) is 0 Å². The Morgan fingerprint density at radius 3 is 1.92 bits per heavy atom. The monoisotopic (exact) mass is 331 g/mol. The van der Waals surface area contributed by atoms with Crippen molar-refractivity contribution in [2.75, 3.05) is 13.6 Å². The van der Waals surface area contributed by atoms with E-state index in [1.807, 2.05) is 24.1 Å². The molecule has 0 atom stereocenters. The van der Waals surface area contributed by atoms with E-state index < -0.39 is 0 Å². The molecule has 0 aliphatic rings. The summed E-state index contributed by atoms with van der Waals surface area (Å²) < 4.78 is 0. The zero-order chi connectivity index (χ0) is 17.6. The number of benzene rings is 1. The van der Waals surface area contributed by atoms with Gasteiger partial charge in [-0.05, 0) is 37.0 Å². The minimum absolute atomic E-state index is 0.153. The maximum Gasteiger partial charge on any atom is 0.253 e. The number of aryl methyl sites for hydroxylation is 1. The predicted molar refractivity (Wildman–Crippen MR) is 105 cm³/mol. The first-order valence-corrected chi connectivity index (χ1v) is 10.0. The summed E-state index contributed by atoms with van der Waals surface area (Å²) in [5, 5.41) is 0. The zero-order valence-electron chi connectivity index (χ0n) is 16.2. The van der Waals surface area contributed by atoms with E-state index in [0.717, 1.165) is 24.9 Å². The maximum atomic E-state index is 12.4. The molecule has 1 rings (SSSR count). The molecule has 1 aromatic carbocycles. The maximum absolute atomic E-state index is 12.4. The highest BCUT2D eigenvalue weighted by Gasteiger charge is 2.10. The minimum Gasteiger partial charge on any atom is -0.342 e. The molecule has 0 saturated carbocycles. The van der Waals surface area contributed by atoms with E-state index in [4.69, 9.17) is 0 Å². The van der Waals surface area contributed by atoms with Crippen LogP contribution in [-0.2, 0) is 6.42 Å². The first kappa shape index (κ1) is 20.7. The van der Waals surface area contributed by atoms with E-state index in [2.05, 4.69) is 26.0 Å². The van der Waals surface area contributed by atoms with Crippen LogP contribution in [0, 0.1) is 0 Å². The summed E-state index contributed by atoms with van der Waals surface area (Å²) in [5.74, 6) is 0.153. The second-order valence-corrected chi connectivity index (χ2v) is 7.00. The SMILES string of the molecule is CCCCCCCCCCN(C)C(=O)c1ccc(CCCC)cc1. The molecule has 1 aromatic rings. The van der Waals surface area contributed by atoms with Crippen LogP contribution < -0.4 is 0 Å². The van der Waals surface area contributed by atoms with Crippen LogP contribution >= 0.6 is 0 Å². The number of hydrogen-bond acceptors (Lipinski definition) is 1. The van der Waals surface area contributed by atoms with Gasteiger partial charge in [0, 0.05) is 19.2 Å². The number of rotatable bonds is 13.